The Morgan fingerprint density at radius 2 is 1.94 bits per heavy atom. The number of piperazine rings is 1. The first kappa shape index (κ1) is 22.1. The van der Waals surface area contributed by atoms with E-state index in [0.717, 1.165) is 69.7 Å². The number of hydrogen-bond acceptors (Lipinski definition) is 6. The van der Waals surface area contributed by atoms with Gasteiger partial charge in [-0.05, 0) is 38.0 Å². The van der Waals surface area contributed by atoms with Crippen LogP contribution < -0.4 is 21.1 Å². The van der Waals surface area contributed by atoms with E-state index in [2.05, 4.69) is 25.5 Å². The molecule has 1 aliphatic carbocycles. The predicted octanol–water partition coefficient (Wildman–Crippen LogP) is 4.55. The molecule has 1 saturated carbocycles. The number of nitrogens with one attached hydrogen (secondary N) is 2. The quantitative estimate of drug-likeness (QED) is 0.582. The minimum atomic E-state index is -0.715. The molecule has 1 saturated heterocycles. The molecule has 1 aliphatic heterocycles. The second-order valence-corrected chi connectivity index (χ2v) is 9.27. The van der Waals surface area contributed by atoms with E-state index in [4.69, 9.17) is 11.6 Å². The number of anilines is 3. The third-order valence-corrected chi connectivity index (χ3v) is 7.04. The van der Waals surface area contributed by atoms with Crippen LogP contribution in [0.5, 0.6) is 0 Å². The zero-order valence-electron chi connectivity index (χ0n) is 18.7. The maximum Gasteiger partial charge on any atom is 0.288 e. The number of aromatic nitrogens is 3. The highest BCUT2D eigenvalue weighted by atomic mass is 35.5. The summed E-state index contributed by atoms with van der Waals surface area (Å²) < 4.78 is 16.3. The molecule has 0 bridgehead atoms. The molecule has 0 unspecified atom stereocenters. The molecule has 3 heterocycles. The molecule has 2 aliphatic rings. The van der Waals surface area contributed by atoms with Gasteiger partial charge in [0.1, 0.15) is 5.65 Å². The Kier molecular flexibility index (Phi) is 6.21. The van der Waals surface area contributed by atoms with Crippen LogP contribution in [0.2, 0.25) is 5.02 Å². The van der Waals surface area contributed by atoms with Crippen molar-refractivity contribution in [1.82, 2.24) is 19.9 Å². The van der Waals surface area contributed by atoms with Crippen molar-refractivity contribution in [3.05, 3.63) is 51.2 Å². The molecule has 2 aromatic heterocycles. The number of rotatable bonds is 4. The average molecular weight is 471 g/mol. The highest BCUT2D eigenvalue weighted by molar-refractivity contribution is 6.33. The minimum Gasteiger partial charge on any atom is -0.368 e. The minimum absolute atomic E-state index is 0.0423. The lowest BCUT2D eigenvalue weighted by Crippen LogP contribution is -2.43. The zero-order chi connectivity index (χ0) is 22.9. The van der Waals surface area contributed by atoms with E-state index in [9.17, 15) is 9.18 Å². The van der Waals surface area contributed by atoms with Crippen LogP contribution in [0.4, 0.5) is 21.7 Å². The number of hydrogen-bond donors (Lipinski definition) is 2. The van der Waals surface area contributed by atoms with E-state index in [1.54, 1.807) is 17.7 Å². The van der Waals surface area contributed by atoms with E-state index in [1.807, 2.05) is 18.2 Å². The molecule has 0 radical (unpaired) electrons. The number of pyridine rings is 1. The second-order valence-electron chi connectivity index (χ2n) is 8.87. The van der Waals surface area contributed by atoms with Gasteiger partial charge in [0.25, 0.3) is 5.56 Å². The van der Waals surface area contributed by atoms with E-state index in [-0.39, 0.29) is 11.6 Å². The first-order chi connectivity index (χ1) is 16.0. The number of nitrogens with zero attached hydrogens (tertiary/aromatic N) is 4. The molecule has 0 amide bonds. The summed E-state index contributed by atoms with van der Waals surface area (Å²) in [6.45, 7) is 5.30. The van der Waals surface area contributed by atoms with Gasteiger partial charge in [-0.15, -0.1) is 0 Å². The van der Waals surface area contributed by atoms with E-state index < -0.39 is 11.4 Å². The topological polar surface area (TPSA) is 75.1 Å². The fraction of sp³-hybridized carbons (Fsp3) is 0.458. The summed E-state index contributed by atoms with van der Waals surface area (Å²) in [5.41, 5.74) is 1.92. The van der Waals surface area contributed by atoms with Crippen molar-refractivity contribution in [1.29, 1.82) is 0 Å². The van der Waals surface area contributed by atoms with Crippen molar-refractivity contribution in [2.45, 2.75) is 45.1 Å². The summed E-state index contributed by atoms with van der Waals surface area (Å²) in [4.78, 5) is 24.2. The van der Waals surface area contributed by atoms with Gasteiger partial charge in [0.05, 0.1) is 10.7 Å². The molecule has 174 valence electrons. The lowest BCUT2D eigenvalue weighted by Gasteiger charge is -2.30. The summed E-state index contributed by atoms with van der Waals surface area (Å²) in [6.07, 6.45) is 6.51. The monoisotopic (exact) mass is 470 g/mol. The molecular weight excluding hydrogens is 443 g/mol. The van der Waals surface area contributed by atoms with Crippen LogP contribution in [0.3, 0.4) is 0 Å². The van der Waals surface area contributed by atoms with Crippen molar-refractivity contribution < 1.29 is 4.39 Å². The SMILES string of the molecule is Cc1c(F)c(=O)n(C2CCCCC2)c2nc(Nc3ccc(N4CCNCC4)c(Cl)c3)ncc12. The van der Waals surface area contributed by atoms with Gasteiger partial charge in [-0.1, -0.05) is 30.9 Å². The van der Waals surface area contributed by atoms with E-state index >= 15 is 0 Å². The Morgan fingerprint density at radius 1 is 1.18 bits per heavy atom. The largest absolute Gasteiger partial charge is 0.368 e. The number of aryl methyl sites for hydroxylation is 1. The first-order valence-corrected chi connectivity index (χ1v) is 12.0. The van der Waals surface area contributed by atoms with Gasteiger partial charge in [0.15, 0.2) is 5.82 Å². The third-order valence-electron chi connectivity index (χ3n) is 6.74. The van der Waals surface area contributed by atoms with Crippen molar-refractivity contribution in [2.24, 2.45) is 0 Å². The van der Waals surface area contributed by atoms with Crippen molar-refractivity contribution >= 4 is 40.0 Å². The highest BCUT2D eigenvalue weighted by Crippen LogP contribution is 2.32. The van der Waals surface area contributed by atoms with Gasteiger partial charge in [-0.2, -0.15) is 4.98 Å². The molecule has 2 N–H and O–H groups in total. The van der Waals surface area contributed by atoms with Gasteiger partial charge in [0.2, 0.25) is 5.95 Å². The van der Waals surface area contributed by atoms with Crippen LogP contribution in [-0.2, 0) is 0 Å². The Bertz CT molecular complexity index is 1230. The molecule has 2 fully saturated rings. The molecule has 3 aromatic rings. The molecule has 7 nitrogen and oxygen atoms in total. The van der Waals surface area contributed by atoms with Crippen molar-refractivity contribution in [2.75, 3.05) is 36.4 Å². The molecule has 9 heteroatoms. The van der Waals surface area contributed by atoms with Crippen LogP contribution >= 0.6 is 11.6 Å². The number of halogens is 2. The molecule has 1 aromatic carbocycles. The fourth-order valence-corrected chi connectivity index (χ4v) is 5.22. The van der Waals surface area contributed by atoms with E-state index in [1.165, 1.54) is 0 Å². The maximum atomic E-state index is 14.7. The molecule has 5 rings (SSSR count). The lowest BCUT2D eigenvalue weighted by molar-refractivity contribution is 0.347. The van der Waals surface area contributed by atoms with Gasteiger partial charge < -0.3 is 15.5 Å². The highest BCUT2D eigenvalue weighted by Gasteiger charge is 2.24. The van der Waals surface area contributed by atoms with Crippen molar-refractivity contribution in [3.63, 3.8) is 0 Å². The Morgan fingerprint density at radius 3 is 2.67 bits per heavy atom. The van der Waals surface area contributed by atoms with Crippen LogP contribution in [0.25, 0.3) is 11.0 Å². The Balaban J connectivity index is 1.50. The molecule has 0 spiro atoms. The number of benzene rings is 1. The average Bonchev–Trinajstić information content (AvgIpc) is 2.84. The number of fused-ring (bicyclic) bond motifs is 1. The summed E-state index contributed by atoms with van der Waals surface area (Å²) in [7, 11) is 0. The maximum absolute atomic E-state index is 14.7. The second kappa shape index (κ2) is 9.27. The van der Waals surface area contributed by atoms with Gasteiger partial charge >= 0.3 is 0 Å². The lowest BCUT2D eigenvalue weighted by atomic mass is 9.95. The normalized spacial score (nSPS) is 17.5. The molecule has 0 atom stereocenters. The summed E-state index contributed by atoms with van der Waals surface area (Å²) in [6, 6.07) is 5.76. The van der Waals surface area contributed by atoms with Gasteiger partial charge in [-0.25, -0.2) is 9.37 Å². The zero-order valence-corrected chi connectivity index (χ0v) is 19.5. The van der Waals surface area contributed by atoms with Crippen LogP contribution in [-0.4, -0.2) is 40.7 Å². The van der Waals surface area contributed by atoms with Crippen LogP contribution in [0.15, 0.2) is 29.2 Å². The smallest absolute Gasteiger partial charge is 0.288 e. The Hall–Kier alpha value is -2.71. The van der Waals surface area contributed by atoms with Crippen LogP contribution in [0.1, 0.15) is 43.7 Å². The summed E-state index contributed by atoms with van der Waals surface area (Å²) in [5.74, 6) is -0.365. The third kappa shape index (κ3) is 4.29. The van der Waals surface area contributed by atoms with Gasteiger partial charge in [0, 0.05) is 55.1 Å². The standard InChI is InChI=1S/C24H28ClFN6O/c1-15-18-14-28-24(29-16-7-8-20(19(25)13-16)31-11-9-27-10-12-31)30-22(18)32(23(33)21(15)26)17-5-3-2-4-6-17/h7-8,13-14,17,27H,2-6,9-12H2,1H3,(H,28,29,30). The van der Waals surface area contributed by atoms with Gasteiger partial charge in [-0.3, -0.25) is 9.36 Å². The molecule has 33 heavy (non-hydrogen) atoms. The van der Waals surface area contributed by atoms with Crippen LogP contribution in [0, 0.1) is 12.7 Å². The summed E-state index contributed by atoms with van der Waals surface area (Å²) in [5, 5.41) is 7.76. The van der Waals surface area contributed by atoms with E-state index in [0.29, 0.717) is 22.0 Å². The summed E-state index contributed by atoms with van der Waals surface area (Å²) >= 11 is 6.58. The van der Waals surface area contributed by atoms with Crippen molar-refractivity contribution in [3.8, 4) is 0 Å². The Labute approximate surface area is 197 Å². The first-order valence-electron chi connectivity index (χ1n) is 11.6. The molecular formula is C24H28ClFN6O. The fourth-order valence-electron chi connectivity index (χ4n) is 4.92. The predicted molar refractivity (Wildman–Crippen MR) is 130 cm³/mol.